The number of aryl methyl sites for hydroxylation is 1. The zero-order valence-electron chi connectivity index (χ0n) is 8.10. The third-order valence-electron chi connectivity index (χ3n) is 2.04. The minimum Gasteiger partial charge on any atom is -0.507 e. The number of benzene rings is 1. The molecule has 0 aliphatic carbocycles. The van der Waals surface area contributed by atoms with Crippen LogP contribution in [0.3, 0.4) is 0 Å². The van der Waals surface area contributed by atoms with E-state index in [1.807, 2.05) is 6.07 Å². The van der Waals surface area contributed by atoms with Gasteiger partial charge in [-0.3, -0.25) is 4.79 Å². The largest absolute Gasteiger partial charge is 0.507 e. The molecular weight excluding hydrogens is 194 g/mol. The van der Waals surface area contributed by atoms with Crippen LogP contribution in [-0.4, -0.2) is 16.2 Å². The van der Waals surface area contributed by atoms with Gasteiger partial charge in [-0.25, -0.2) is 0 Å². The van der Waals surface area contributed by atoms with Crippen LogP contribution in [0.25, 0.3) is 0 Å². The first-order chi connectivity index (χ1) is 7.13. The zero-order chi connectivity index (χ0) is 11.3. The number of nitriles is 1. The van der Waals surface area contributed by atoms with Crippen LogP contribution in [0.5, 0.6) is 5.75 Å². The zero-order valence-corrected chi connectivity index (χ0v) is 8.10. The van der Waals surface area contributed by atoms with Crippen LogP contribution in [0.2, 0.25) is 0 Å². The highest BCUT2D eigenvalue weighted by Gasteiger charge is 2.02. The molecule has 0 bridgehead atoms. The average molecular weight is 205 g/mol. The van der Waals surface area contributed by atoms with E-state index in [9.17, 15) is 9.90 Å². The number of carbonyl (C=O) groups is 1. The van der Waals surface area contributed by atoms with Gasteiger partial charge in [0.05, 0.1) is 5.56 Å². The first kappa shape index (κ1) is 11.1. The van der Waals surface area contributed by atoms with Crippen LogP contribution in [-0.2, 0) is 11.2 Å². The maximum absolute atomic E-state index is 10.3. The summed E-state index contributed by atoms with van der Waals surface area (Å²) in [5, 5.41) is 26.4. The summed E-state index contributed by atoms with van der Waals surface area (Å²) in [6.45, 7) is 0. The van der Waals surface area contributed by atoms with Crippen molar-refractivity contribution in [2.45, 2.75) is 19.3 Å². The Morgan fingerprint density at radius 3 is 2.73 bits per heavy atom. The lowest BCUT2D eigenvalue weighted by atomic mass is 10.1. The molecule has 1 rings (SSSR count). The predicted molar refractivity (Wildman–Crippen MR) is 53.4 cm³/mol. The molecule has 0 saturated heterocycles. The van der Waals surface area contributed by atoms with Gasteiger partial charge in [0.1, 0.15) is 11.8 Å². The van der Waals surface area contributed by atoms with Gasteiger partial charge in [-0.15, -0.1) is 0 Å². The van der Waals surface area contributed by atoms with Gasteiger partial charge in [0.15, 0.2) is 0 Å². The number of aliphatic carboxylic acids is 1. The molecule has 0 atom stereocenters. The summed E-state index contributed by atoms with van der Waals surface area (Å²) in [7, 11) is 0. The van der Waals surface area contributed by atoms with Gasteiger partial charge in [0.25, 0.3) is 0 Å². The van der Waals surface area contributed by atoms with Crippen molar-refractivity contribution in [3.05, 3.63) is 29.3 Å². The van der Waals surface area contributed by atoms with E-state index >= 15 is 0 Å². The van der Waals surface area contributed by atoms with E-state index in [-0.39, 0.29) is 17.7 Å². The molecule has 4 heteroatoms. The maximum Gasteiger partial charge on any atom is 0.303 e. The third kappa shape index (κ3) is 3.31. The van der Waals surface area contributed by atoms with Gasteiger partial charge >= 0.3 is 5.97 Å². The first-order valence-corrected chi connectivity index (χ1v) is 4.57. The number of nitrogens with zero attached hydrogens (tertiary/aromatic N) is 1. The van der Waals surface area contributed by atoms with Crippen LogP contribution in [0.4, 0.5) is 0 Å². The predicted octanol–water partition coefficient (Wildman–Crippen LogP) is 1.67. The number of hydrogen-bond acceptors (Lipinski definition) is 3. The van der Waals surface area contributed by atoms with Crippen LogP contribution < -0.4 is 0 Å². The van der Waals surface area contributed by atoms with E-state index in [0.717, 1.165) is 5.56 Å². The van der Waals surface area contributed by atoms with Crippen LogP contribution in [0.1, 0.15) is 24.0 Å². The van der Waals surface area contributed by atoms with Crippen molar-refractivity contribution >= 4 is 5.97 Å². The molecule has 0 radical (unpaired) electrons. The first-order valence-electron chi connectivity index (χ1n) is 4.57. The van der Waals surface area contributed by atoms with Gasteiger partial charge in [0.2, 0.25) is 0 Å². The van der Waals surface area contributed by atoms with Crippen molar-refractivity contribution < 1.29 is 15.0 Å². The van der Waals surface area contributed by atoms with E-state index in [1.54, 1.807) is 6.07 Å². The summed E-state index contributed by atoms with van der Waals surface area (Å²) < 4.78 is 0. The SMILES string of the molecule is N#Cc1ccc(CCCC(=O)O)cc1O. The van der Waals surface area contributed by atoms with Gasteiger partial charge in [0, 0.05) is 6.42 Å². The quantitative estimate of drug-likeness (QED) is 0.783. The van der Waals surface area contributed by atoms with Gasteiger partial charge in [-0.05, 0) is 30.5 Å². The van der Waals surface area contributed by atoms with Gasteiger partial charge < -0.3 is 10.2 Å². The van der Waals surface area contributed by atoms with Crippen molar-refractivity contribution in [1.29, 1.82) is 5.26 Å². The lowest BCUT2D eigenvalue weighted by Crippen LogP contribution is -1.95. The van der Waals surface area contributed by atoms with Crippen LogP contribution >= 0.6 is 0 Å². The van der Waals surface area contributed by atoms with E-state index in [2.05, 4.69) is 0 Å². The number of phenols is 1. The topological polar surface area (TPSA) is 81.3 Å². The second-order valence-corrected chi connectivity index (χ2v) is 3.21. The van der Waals surface area contributed by atoms with Crippen molar-refractivity contribution in [1.82, 2.24) is 0 Å². The Hall–Kier alpha value is -2.02. The second-order valence-electron chi connectivity index (χ2n) is 3.21. The van der Waals surface area contributed by atoms with Gasteiger partial charge in [-0.2, -0.15) is 5.26 Å². The van der Waals surface area contributed by atoms with Crippen molar-refractivity contribution in [2.24, 2.45) is 0 Å². The van der Waals surface area contributed by atoms with Crippen molar-refractivity contribution in [3.63, 3.8) is 0 Å². The molecule has 15 heavy (non-hydrogen) atoms. The Bertz CT molecular complexity index is 407. The monoisotopic (exact) mass is 205 g/mol. The highest BCUT2D eigenvalue weighted by atomic mass is 16.4. The molecular formula is C11H11NO3. The highest BCUT2D eigenvalue weighted by molar-refractivity contribution is 5.66. The number of phenolic OH excluding ortho intramolecular Hbond substituents is 1. The standard InChI is InChI=1S/C11H11NO3/c12-7-9-5-4-8(6-10(9)13)2-1-3-11(14)15/h4-6,13H,1-3H2,(H,14,15). The molecule has 0 unspecified atom stereocenters. The molecule has 0 heterocycles. The molecule has 0 saturated carbocycles. The molecule has 0 spiro atoms. The van der Waals surface area contributed by atoms with Crippen LogP contribution in [0, 0.1) is 11.3 Å². The fourth-order valence-electron chi connectivity index (χ4n) is 1.27. The molecule has 0 aliphatic heterocycles. The second kappa shape index (κ2) is 5.01. The van der Waals surface area contributed by atoms with E-state index in [0.29, 0.717) is 12.8 Å². The highest BCUT2D eigenvalue weighted by Crippen LogP contribution is 2.18. The Kier molecular flexibility index (Phi) is 3.69. The fourth-order valence-corrected chi connectivity index (χ4v) is 1.27. The lowest BCUT2D eigenvalue weighted by Gasteiger charge is -2.01. The summed E-state index contributed by atoms with van der Waals surface area (Å²) in [6.07, 6.45) is 1.23. The minimum absolute atomic E-state index is 0.0506. The number of aromatic hydroxyl groups is 1. The summed E-state index contributed by atoms with van der Waals surface area (Å²) in [5.74, 6) is -0.877. The van der Waals surface area contributed by atoms with Gasteiger partial charge in [-0.1, -0.05) is 6.07 Å². The number of hydrogen-bond donors (Lipinski definition) is 2. The van der Waals surface area contributed by atoms with Crippen molar-refractivity contribution in [3.8, 4) is 11.8 Å². The summed E-state index contributed by atoms with van der Waals surface area (Å²) >= 11 is 0. The average Bonchev–Trinajstić information content (AvgIpc) is 2.17. The minimum atomic E-state index is -0.826. The summed E-state index contributed by atoms with van der Waals surface area (Å²) in [5.41, 5.74) is 1.07. The molecule has 0 amide bonds. The fraction of sp³-hybridized carbons (Fsp3) is 0.273. The molecule has 0 aliphatic rings. The molecule has 2 N–H and O–H groups in total. The van der Waals surface area contributed by atoms with E-state index in [1.165, 1.54) is 12.1 Å². The maximum atomic E-state index is 10.3. The lowest BCUT2D eigenvalue weighted by molar-refractivity contribution is -0.137. The summed E-state index contributed by atoms with van der Waals surface area (Å²) in [6, 6.07) is 6.61. The number of carboxylic acids is 1. The van der Waals surface area contributed by atoms with Crippen molar-refractivity contribution in [2.75, 3.05) is 0 Å². The van der Waals surface area contributed by atoms with E-state index in [4.69, 9.17) is 10.4 Å². The Balaban J connectivity index is 2.60. The summed E-state index contributed by atoms with van der Waals surface area (Å²) in [4.78, 5) is 10.3. The molecule has 1 aromatic carbocycles. The Morgan fingerprint density at radius 2 is 2.20 bits per heavy atom. The van der Waals surface area contributed by atoms with E-state index < -0.39 is 5.97 Å². The number of carboxylic acid groups (broad SMARTS) is 1. The normalized spacial score (nSPS) is 9.53. The molecule has 0 aromatic heterocycles. The smallest absolute Gasteiger partial charge is 0.303 e. The molecule has 0 fully saturated rings. The molecule has 78 valence electrons. The Morgan fingerprint density at radius 1 is 1.47 bits per heavy atom. The molecule has 4 nitrogen and oxygen atoms in total. The molecule has 1 aromatic rings. The number of rotatable bonds is 4. The Labute approximate surface area is 87.4 Å². The third-order valence-corrected chi connectivity index (χ3v) is 2.04. The van der Waals surface area contributed by atoms with Crippen LogP contribution in [0.15, 0.2) is 18.2 Å².